The number of amides is 1. The Hall–Kier alpha value is -1.31. The summed E-state index contributed by atoms with van der Waals surface area (Å²) in [6.45, 7) is 8.93. The molecule has 1 unspecified atom stereocenters. The third-order valence-corrected chi connectivity index (χ3v) is 3.50. The van der Waals surface area contributed by atoms with Crippen molar-refractivity contribution in [2.45, 2.75) is 40.2 Å². The van der Waals surface area contributed by atoms with Gasteiger partial charge in [0.05, 0.1) is 6.04 Å². The lowest BCUT2D eigenvalue weighted by atomic mass is 9.89. The molecule has 2 heteroatoms. The number of hydrogen-bond acceptors (Lipinski definition) is 1. The molecule has 1 aromatic carbocycles. The Morgan fingerprint density at radius 3 is 2.59 bits per heavy atom. The van der Waals surface area contributed by atoms with Gasteiger partial charge in [0.25, 0.3) is 0 Å². The van der Waals surface area contributed by atoms with E-state index in [1.54, 1.807) is 0 Å². The predicted molar refractivity (Wildman–Crippen MR) is 69.7 cm³/mol. The minimum atomic E-state index is -0.291. The van der Waals surface area contributed by atoms with Crippen molar-refractivity contribution >= 4 is 5.91 Å². The summed E-state index contributed by atoms with van der Waals surface area (Å²) < 4.78 is 0. The van der Waals surface area contributed by atoms with Crippen LogP contribution in [0.25, 0.3) is 0 Å². The van der Waals surface area contributed by atoms with Crippen molar-refractivity contribution in [2.24, 2.45) is 5.41 Å². The molecule has 17 heavy (non-hydrogen) atoms. The van der Waals surface area contributed by atoms with Crippen molar-refractivity contribution in [3.05, 3.63) is 35.4 Å². The molecule has 0 saturated carbocycles. The van der Waals surface area contributed by atoms with Gasteiger partial charge in [-0.2, -0.15) is 0 Å². The molecule has 2 nitrogen and oxygen atoms in total. The summed E-state index contributed by atoms with van der Waals surface area (Å²) >= 11 is 0. The zero-order chi connectivity index (χ0) is 12.6. The Balaban J connectivity index is 2.29. The van der Waals surface area contributed by atoms with Crippen LogP contribution in [0.15, 0.2) is 24.3 Å². The van der Waals surface area contributed by atoms with Crippen LogP contribution in [-0.2, 0) is 11.2 Å². The highest BCUT2D eigenvalue weighted by molar-refractivity contribution is 5.82. The van der Waals surface area contributed by atoms with Gasteiger partial charge in [0.15, 0.2) is 0 Å². The summed E-state index contributed by atoms with van der Waals surface area (Å²) in [4.78, 5) is 14.4. The van der Waals surface area contributed by atoms with Crippen LogP contribution >= 0.6 is 0 Å². The van der Waals surface area contributed by atoms with Crippen molar-refractivity contribution < 1.29 is 4.79 Å². The van der Waals surface area contributed by atoms with Gasteiger partial charge >= 0.3 is 0 Å². The topological polar surface area (TPSA) is 20.3 Å². The quantitative estimate of drug-likeness (QED) is 0.671. The number of nitrogens with zero attached hydrogens (tertiary/aromatic N) is 1. The maximum Gasteiger partial charge on any atom is 0.228 e. The number of fused-ring (bicyclic) bond motifs is 1. The first-order valence-corrected chi connectivity index (χ1v) is 6.30. The lowest BCUT2D eigenvalue weighted by Gasteiger charge is -2.38. The van der Waals surface area contributed by atoms with E-state index in [2.05, 4.69) is 31.2 Å². The number of rotatable bonds is 0. The first-order chi connectivity index (χ1) is 7.91. The summed E-state index contributed by atoms with van der Waals surface area (Å²) in [5.41, 5.74) is 2.40. The Morgan fingerprint density at radius 2 is 1.94 bits per heavy atom. The molecular formula is C15H21NO. The minimum Gasteiger partial charge on any atom is -0.335 e. The summed E-state index contributed by atoms with van der Waals surface area (Å²) in [5, 5.41) is 0. The van der Waals surface area contributed by atoms with Gasteiger partial charge in [-0.05, 0) is 24.5 Å². The van der Waals surface area contributed by atoms with E-state index in [1.807, 2.05) is 25.7 Å². The summed E-state index contributed by atoms with van der Waals surface area (Å²) in [5.74, 6) is 0.250. The largest absolute Gasteiger partial charge is 0.335 e. The second-order valence-electron chi connectivity index (χ2n) is 5.87. The summed E-state index contributed by atoms with van der Waals surface area (Å²) in [7, 11) is 0. The molecule has 0 radical (unpaired) electrons. The van der Waals surface area contributed by atoms with Gasteiger partial charge in [-0.15, -0.1) is 0 Å². The monoisotopic (exact) mass is 231 g/mol. The van der Waals surface area contributed by atoms with Crippen LogP contribution in [-0.4, -0.2) is 17.4 Å². The van der Waals surface area contributed by atoms with E-state index in [9.17, 15) is 4.79 Å². The molecule has 2 rings (SSSR count). The van der Waals surface area contributed by atoms with Crippen molar-refractivity contribution in [2.75, 3.05) is 6.54 Å². The SMILES string of the molecule is CC1c2ccccc2CCN1C(=O)C(C)(C)C. The number of benzene rings is 1. The van der Waals surface area contributed by atoms with E-state index in [0.717, 1.165) is 13.0 Å². The number of carbonyl (C=O) groups excluding carboxylic acids is 1. The predicted octanol–water partition coefficient (Wildman–Crippen LogP) is 3.18. The lowest BCUT2D eigenvalue weighted by Crippen LogP contribution is -2.44. The first kappa shape index (κ1) is 12.2. The van der Waals surface area contributed by atoms with Gasteiger partial charge in [-0.1, -0.05) is 45.0 Å². The van der Waals surface area contributed by atoms with E-state index >= 15 is 0 Å². The highest BCUT2D eigenvalue weighted by atomic mass is 16.2. The molecule has 1 aliphatic heterocycles. The minimum absolute atomic E-state index is 0.201. The Labute approximate surface area is 104 Å². The number of carbonyl (C=O) groups is 1. The highest BCUT2D eigenvalue weighted by Gasteiger charge is 2.33. The van der Waals surface area contributed by atoms with Crippen molar-refractivity contribution in [3.63, 3.8) is 0 Å². The third-order valence-electron chi connectivity index (χ3n) is 3.50. The van der Waals surface area contributed by atoms with Crippen molar-refractivity contribution in [1.82, 2.24) is 4.90 Å². The first-order valence-electron chi connectivity index (χ1n) is 6.30. The molecule has 1 heterocycles. The Bertz CT molecular complexity index is 431. The normalized spacial score (nSPS) is 20.0. The molecule has 1 aromatic rings. The maximum absolute atomic E-state index is 12.4. The maximum atomic E-state index is 12.4. The molecule has 92 valence electrons. The molecule has 0 saturated heterocycles. The van der Waals surface area contributed by atoms with E-state index in [0.29, 0.717) is 0 Å². The highest BCUT2D eigenvalue weighted by Crippen LogP contribution is 2.32. The molecule has 0 aliphatic carbocycles. The van der Waals surface area contributed by atoms with Crippen molar-refractivity contribution in [3.8, 4) is 0 Å². The number of hydrogen-bond donors (Lipinski definition) is 0. The lowest BCUT2D eigenvalue weighted by molar-refractivity contribution is -0.142. The zero-order valence-corrected chi connectivity index (χ0v) is 11.2. The van der Waals surface area contributed by atoms with Gasteiger partial charge in [0.1, 0.15) is 0 Å². The van der Waals surface area contributed by atoms with Gasteiger partial charge in [-0.25, -0.2) is 0 Å². The van der Waals surface area contributed by atoms with E-state index < -0.39 is 0 Å². The standard InChI is InChI=1S/C15H21NO/c1-11-13-8-6-5-7-12(13)9-10-16(11)14(17)15(2,3)4/h5-8,11H,9-10H2,1-4H3. The Kier molecular flexibility index (Phi) is 2.98. The van der Waals surface area contributed by atoms with E-state index in [1.165, 1.54) is 11.1 Å². The Morgan fingerprint density at radius 1 is 1.29 bits per heavy atom. The van der Waals surface area contributed by atoms with Gasteiger partial charge in [0.2, 0.25) is 5.91 Å². The fraction of sp³-hybridized carbons (Fsp3) is 0.533. The molecule has 0 aromatic heterocycles. The van der Waals surface area contributed by atoms with Crippen LogP contribution in [0, 0.1) is 5.41 Å². The van der Waals surface area contributed by atoms with Crippen LogP contribution in [0.1, 0.15) is 44.9 Å². The van der Waals surface area contributed by atoms with Gasteiger partial charge in [-0.3, -0.25) is 4.79 Å². The van der Waals surface area contributed by atoms with E-state index in [4.69, 9.17) is 0 Å². The molecule has 1 amide bonds. The average Bonchev–Trinajstić information content (AvgIpc) is 2.28. The molecule has 1 atom stereocenters. The van der Waals surface area contributed by atoms with Crippen LogP contribution in [0.2, 0.25) is 0 Å². The van der Waals surface area contributed by atoms with Crippen LogP contribution in [0.3, 0.4) is 0 Å². The van der Waals surface area contributed by atoms with Gasteiger partial charge in [0, 0.05) is 12.0 Å². The fourth-order valence-electron chi connectivity index (χ4n) is 2.48. The van der Waals surface area contributed by atoms with Crippen molar-refractivity contribution in [1.29, 1.82) is 0 Å². The fourth-order valence-corrected chi connectivity index (χ4v) is 2.48. The zero-order valence-electron chi connectivity index (χ0n) is 11.2. The molecule has 0 fully saturated rings. The second kappa shape index (κ2) is 4.17. The molecule has 1 aliphatic rings. The second-order valence-corrected chi connectivity index (χ2v) is 5.87. The third kappa shape index (κ3) is 2.21. The average molecular weight is 231 g/mol. The summed E-state index contributed by atoms with van der Waals surface area (Å²) in [6, 6.07) is 8.65. The smallest absolute Gasteiger partial charge is 0.228 e. The van der Waals surface area contributed by atoms with Crippen LogP contribution in [0.5, 0.6) is 0 Å². The molecular weight excluding hydrogens is 210 g/mol. The molecule has 0 bridgehead atoms. The van der Waals surface area contributed by atoms with Gasteiger partial charge < -0.3 is 4.90 Å². The summed E-state index contributed by atoms with van der Waals surface area (Å²) in [6.07, 6.45) is 0.975. The molecule has 0 spiro atoms. The van der Waals surface area contributed by atoms with E-state index in [-0.39, 0.29) is 17.4 Å². The molecule has 0 N–H and O–H groups in total. The van der Waals surface area contributed by atoms with Crippen LogP contribution < -0.4 is 0 Å². The van der Waals surface area contributed by atoms with Crippen LogP contribution in [0.4, 0.5) is 0 Å².